The van der Waals surface area contributed by atoms with Crippen molar-refractivity contribution in [1.29, 1.82) is 0 Å². The molecule has 24 heavy (non-hydrogen) atoms. The van der Waals surface area contributed by atoms with Crippen molar-refractivity contribution in [3.63, 3.8) is 0 Å². The maximum absolute atomic E-state index is 13.2. The van der Waals surface area contributed by atoms with E-state index in [0.29, 0.717) is 0 Å². The zero-order chi connectivity index (χ0) is 16.6. The first-order chi connectivity index (χ1) is 11.7. The summed E-state index contributed by atoms with van der Waals surface area (Å²) in [5, 5.41) is 3.01. The van der Waals surface area contributed by atoms with Crippen molar-refractivity contribution in [2.75, 3.05) is 31.1 Å². The first kappa shape index (κ1) is 15.6. The third-order valence-corrected chi connectivity index (χ3v) is 5.86. The van der Waals surface area contributed by atoms with Crippen LogP contribution < -0.4 is 4.90 Å². The number of carbonyl (C=O) groups excluding carboxylic acids is 1. The number of aromatic nitrogens is 1. The van der Waals surface area contributed by atoms with Gasteiger partial charge in [0, 0.05) is 37.8 Å². The Morgan fingerprint density at radius 2 is 1.92 bits per heavy atom. The molecule has 126 valence electrons. The van der Waals surface area contributed by atoms with Crippen molar-refractivity contribution in [2.45, 2.75) is 24.7 Å². The van der Waals surface area contributed by atoms with Gasteiger partial charge in [0.05, 0.1) is 5.41 Å². The highest BCUT2D eigenvalue weighted by atomic mass is 32.1. The quantitative estimate of drug-likeness (QED) is 0.858. The number of nitrogens with zero attached hydrogens (tertiary/aromatic N) is 3. The normalized spacial score (nSPS) is 19.9. The van der Waals surface area contributed by atoms with E-state index >= 15 is 0 Å². The number of anilines is 1. The molecule has 4 rings (SSSR count). The highest BCUT2D eigenvalue weighted by molar-refractivity contribution is 7.13. The third-order valence-electron chi connectivity index (χ3n) is 5.03. The van der Waals surface area contributed by atoms with Crippen molar-refractivity contribution in [2.24, 2.45) is 0 Å². The Bertz CT molecular complexity index is 712. The minimum absolute atomic E-state index is 0.204. The average molecular weight is 345 g/mol. The van der Waals surface area contributed by atoms with Crippen LogP contribution in [0, 0.1) is 5.82 Å². The second-order valence-electron chi connectivity index (χ2n) is 6.54. The van der Waals surface area contributed by atoms with Gasteiger partial charge in [-0.15, -0.1) is 11.3 Å². The van der Waals surface area contributed by atoms with Gasteiger partial charge >= 0.3 is 0 Å². The van der Waals surface area contributed by atoms with E-state index in [1.165, 1.54) is 12.1 Å². The van der Waals surface area contributed by atoms with Crippen molar-refractivity contribution in [3.8, 4) is 0 Å². The fraction of sp³-hybridized carbons (Fsp3) is 0.444. The average Bonchev–Trinajstić information content (AvgIpc) is 3.30. The summed E-state index contributed by atoms with van der Waals surface area (Å²) in [5.41, 5.74) is 0.541. The summed E-state index contributed by atoms with van der Waals surface area (Å²) in [4.78, 5) is 21.7. The predicted molar refractivity (Wildman–Crippen MR) is 92.8 cm³/mol. The first-order valence-electron chi connectivity index (χ1n) is 8.39. The van der Waals surface area contributed by atoms with Gasteiger partial charge in [0.25, 0.3) is 0 Å². The number of benzene rings is 1. The van der Waals surface area contributed by atoms with E-state index in [2.05, 4.69) is 9.88 Å². The van der Waals surface area contributed by atoms with Crippen molar-refractivity contribution >= 4 is 22.4 Å². The molecule has 0 N–H and O–H groups in total. The number of thiazole rings is 1. The molecule has 2 heterocycles. The van der Waals surface area contributed by atoms with Gasteiger partial charge in [0.15, 0.2) is 5.13 Å². The molecule has 1 aliphatic heterocycles. The minimum Gasteiger partial charge on any atom is -0.346 e. The summed E-state index contributed by atoms with van der Waals surface area (Å²) >= 11 is 1.64. The van der Waals surface area contributed by atoms with Gasteiger partial charge in [-0.2, -0.15) is 0 Å². The van der Waals surface area contributed by atoms with Crippen LogP contribution in [0.15, 0.2) is 35.8 Å². The molecule has 2 fully saturated rings. The van der Waals surface area contributed by atoms with Crippen molar-refractivity contribution in [3.05, 3.63) is 47.2 Å². The molecule has 2 aliphatic rings. The molecule has 4 nitrogen and oxygen atoms in total. The maximum Gasteiger partial charge on any atom is 0.233 e. The number of rotatable bonds is 3. The molecular weight excluding hydrogens is 325 g/mol. The molecule has 1 saturated carbocycles. The molecule has 0 atom stereocenters. The fourth-order valence-corrected chi connectivity index (χ4v) is 4.20. The number of hydrogen-bond acceptors (Lipinski definition) is 4. The SMILES string of the molecule is O=C(N1CCCN(c2nccs2)CC1)C1(c2ccc(F)cc2)CC1. The molecule has 0 unspecified atom stereocenters. The van der Waals surface area contributed by atoms with E-state index in [4.69, 9.17) is 0 Å². The zero-order valence-electron chi connectivity index (χ0n) is 13.4. The second-order valence-corrected chi connectivity index (χ2v) is 7.41. The molecule has 0 bridgehead atoms. The summed E-state index contributed by atoms with van der Waals surface area (Å²) in [5.74, 6) is -0.0500. The van der Waals surface area contributed by atoms with E-state index in [-0.39, 0.29) is 11.7 Å². The van der Waals surface area contributed by atoms with Gasteiger partial charge < -0.3 is 9.80 Å². The Kier molecular flexibility index (Phi) is 4.00. The van der Waals surface area contributed by atoms with Crippen LogP contribution >= 0.6 is 11.3 Å². The first-order valence-corrected chi connectivity index (χ1v) is 9.27. The van der Waals surface area contributed by atoms with Crippen LogP contribution in [0.1, 0.15) is 24.8 Å². The van der Waals surface area contributed by atoms with Gasteiger partial charge in [-0.1, -0.05) is 12.1 Å². The number of hydrogen-bond donors (Lipinski definition) is 0. The molecule has 1 aromatic heterocycles. The number of halogens is 1. The van der Waals surface area contributed by atoms with Crippen LogP contribution in [0.5, 0.6) is 0 Å². The molecule has 1 aromatic carbocycles. The Hall–Kier alpha value is -1.95. The Balaban J connectivity index is 1.47. The molecule has 2 aromatic rings. The zero-order valence-corrected chi connectivity index (χ0v) is 14.3. The molecule has 0 spiro atoms. The van der Waals surface area contributed by atoms with Gasteiger partial charge in [-0.25, -0.2) is 9.37 Å². The molecular formula is C18H20FN3OS. The Morgan fingerprint density at radius 1 is 1.12 bits per heavy atom. The lowest BCUT2D eigenvalue weighted by Crippen LogP contribution is -2.41. The van der Waals surface area contributed by atoms with Gasteiger partial charge in [-0.05, 0) is 37.0 Å². The highest BCUT2D eigenvalue weighted by Gasteiger charge is 2.53. The monoisotopic (exact) mass is 345 g/mol. The van der Waals surface area contributed by atoms with Crippen LogP contribution in [0.25, 0.3) is 0 Å². The van der Waals surface area contributed by atoms with E-state index in [1.807, 2.05) is 16.5 Å². The number of amides is 1. The summed E-state index contributed by atoms with van der Waals surface area (Å²) < 4.78 is 13.2. The lowest BCUT2D eigenvalue weighted by atomic mass is 9.94. The lowest BCUT2D eigenvalue weighted by Gasteiger charge is -2.26. The summed E-state index contributed by atoms with van der Waals surface area (Å²) in [6, 6.07) is 6.43. The molecule has 1 amide bonds. The number of carbonyl (C=O) groups is 1. The van der Waals surface area contributed by atoms with Gasteiger partial charge in [0.2, 0.25) is 5.91 Å². The van der Waals surface area contributed by atoms with E-state index in [9.17, 15) is 9.18 Å². The maximum atomic E-state index is 13.2. The smallest absolute Gasteiger partial charge is 0.233 e. The Labute approximate surface area is 144 Å². The highest BCUT2D eigenvalue weighted by Crippen LogP contribution is 2.49. The van der Waals surface area contributed by atoms with Crippen LogP contribution in [0.3, 0.4) is 0 Å². The third kappa shape index (κ3) is 2.79. The fourth-order valence-electron chi connectivity index (χ4n) is 3.51. The summed E-state index contributed by atoms with van der Waals surface area (Å²) in [7, 11) is 0. The van der Waals surface area contributed by atoms with Crippen LogP contribution in [-0.2, 0) is 10.2 Å². The van der Waals surface area contributed by atoms with Gasteiger partial charge in [-0.3, -0.25) is 4.79 Å². The largest absolute Gasteiger partial charge is 0.346 e. The summed E-state index contributed by atoms with van der Waals surface area (Å²) in [6.07, 6.45) is 4.50. The van der Waals surface area contributed by atoms with Crippen LogP contribution in [-0.4, -0.2) is 42.0 Å². The van der Waals surface area contributed by atoms with E-state index in [0.717, 1.165) is 56.1 Å². The summed E-state index contributed by atoms with van der Waals surface area (Å²) in [6.45, 7) is 3.25. The topological polar surface area (TPSA) is 36.4 Å². The Morgan fingerprint density at radius 3 is 2.58 bits per heavy atom. The van der Waals surface area contributed by atoms with Crippen LogP contribution in [0.2, 0.25) is 0 Å². The molecule has 1 saturated heterocycles. The lowest BCUT2D eigenvalue weighted by molar-refractivity contribution is -0.133. The van der Waals surface area contributed by atoms with Crippen molar-refractivity contribution in [1.82, 2.24) is 9.88 Å². The van der Waals surface area contributed by atoms with Crippen molar-refractivity contribution < 1.29 is 9.18 Å². The second kappa shape index (κ2) is 6.16. The minimum atomic E-state index is -0.413. The molecule has 6 heteroatoms. The molecule has 1 aliphatic carbocycles. The molecule has 0 radical (unpaired) electrons. The van der Waals surface area contributed by atoms with E-state index < -0.39 is 5.41 Å². The van der Waals surface area contributed by atoms with E-state index in [1.54, 1.807) is 23.5 Å². The predicted octanol–water partition coefficient (Wildman–Crippen LogP) is 3.05. The standard InChI is InChI=1S/C18H20FN3OS/c19-15-4-2-14(3-5-15)18(6-7-18)16(23)21-9-1-10-22(12-11-21)17-20-8-13-24-17/h2-5,8,13H,1,6-7,9-12H2. The van der Waals surface area contributed by atoms with Crippen LogP contribution in [0.4, 0.5) is 9.52 Å². The van der Waals surface area contributed by atoms with Gasteiger partial charge in [0.1, 0.15) is 5.82 Å².